The molecule has 4 nitrogen and oxygen atoms in total. The minimum Gasteiger partial charge on any atom is -0.372 e. The molecule has 2 aromatic heterocycles. The molecular weight excluding hydrogens is 324 g/mol. The number of hydrogen-bond acceptors (Lipinski definition) is 5. The quantitative estimate of drug-likeness (QED) is 0.920. The molecule has 2 aromatic rings. The molecule has 1 N–H and O–H groups in total. The Morgan fingerprint density at radius 1 is 1.32 bits per heavy atom. The number of rotatable bonds is 4. The lowest BCUT2D eigenvalue weighted by atomic mass is 10.1. The average molecular weight is 341 g/mol. The highest BCUT2D eigenvalue weighted by Crippen LogP contribution is 2.29. The smallest absolute Gasteiger partial charge is 0.144 e. The van der Waals surface area contributed by atoms with Gasteiger partial charge in [0.25, 0.3) is 0 Å². The lowest BCUT2D eigenvalue weighted by molar-refractivity contribution is 0.784. The van der Waals surface area contributed by atoms with E-state index in [1.807, 2.05) is 14.0 Å². The van der Waals surface area contributed by atoms with Gasteiger partial charge in [-0.3, -0.25) is 0 Å². The molecular formula is C13H17BrN4S. The molecule has 0 aromatic carbocycles. The molecule has 0 aliphatic rings. The largest absolute Gasteiger partial charge is 0.372 e. The summed E-state index contributed by atoms with van der Waals surface area (Å²) in [4.78, 5) is 13.7. The molecule has 102 valence electrons. The molecule has 0 spiro atoms. The highest BCUT2D eigenvalue weighted by atomic mass is 79.9. The Morgan fingerprint density at radius 2 is 2.05 bits per heavy atom. The summed E-state index contributed by atoms with van der Waals surface area (Å²) >= 11 is 5.22. The van der Waals surface area contributed by atoms with Crippen LogP contribution in [0.2, 0.25) is 0 Å². The number of aryl methyl sites for hydroxylation is 1. The average Bonchev–Trinajstić information content (AvgIpc) is 2.76. The third-order valence-corrected chi connectivity index (χ3v) is 4.43. The molecule has 0 atom stereocenters. The normalized spacial score (nSPS) is 11.1. The highest BCUT2D eigenvalue weighted by molar-refractivity contribution is 9.10. The second-order valence-corrected chi connectivity index (χ2v) is 6.39. The number of thiazole rings is 1. The van der Waals surface area contributed by atoms with E-state index < -0.39 is 0 Å². The van der Waals surface area contributed by atoms with Gasteiger partial charge in [-0.25, -0.2) is 15.0 Å². The van der Waals surface area contributed by atoms with E-state index in [0.717, 1.165) is 32.5 Å². The van der Waals surface area contributed by atoms with Crippen molar-refractivity contribution >= 4 is 33.1 Å². The van der Waals surface area contributed by atoms with Gasteiger partial charge in [0.05, 0.1) is 16.6 Å². The van der Waals surface area contributed by atoms with Crippen molar-refractivity contribution in [1.29, 1.82) is 0 Å². The Morgan fingerprint density at radius 3 is 2.58 bits per heavy atom. The van der Waals surface area contributed by atoms with E-state index in [1.165, 1.54) is 0 Å². The van der Waals surface area contributed by atoms with E-state index in [0.29, 0.717) is 12.3 Å². The van der Waals surface area contributed by atoms with Crippen molar-refractivity contribution in [3.63, 3.8) is 0 Å². The van der Waals surface area contributed by atoms with Crippen LogP contribution in [0.4, 0.5) is 5.82 Å². The van der Waals surface area contributed by atoms with E-state index in [1.54, 1.807) is 11.3 Å². The van der Waals surface area contributed by atoms with E-state index in [9.17, 15) is 0 Å². The summed E-state index contributed by atoms with van der Waals surface area (Å²) in [5.41, 5.74) is 2.08. The topological polar surface area (TPSA) is 50.7 Å². The van der Waals surface area contributed by atoms with Crippen LogP contribution in [0.1, 0.15) is 42.0 Å². The van der Waals surface area contributed by atoms with Gasteiger partial charge in [-0.1, -0.05) is 13.8 Å². The summed E-state index contributed by atoms with van der Waals surface area (Å²) in [6.45, 7) is 6.26. The summed E-state index contributed by atoms with van der Waals surface area (Å²) in [5, 5.41) is 6.21. The van der Waals surface area contributed by atoms with Crippen LogP contribution >= 0.6 is 27.3 Å². The minimum absolute atomic E-state index is 0.348. The molecule has 0 saturated carbocycles. The molecule has 0 unspecified atom stereocenters. The first-order chi connectivity index (χ1) is 9.01. The number of hydrogen-bond donors (Lipinski definition) is 1. The molecule has 19 heavy (non-hydrogen) atoms. The van der Waals surface area contributed by atoms with Gasteiger partial charge >= 0.3 is 0 Å². The summed E-state index contributed by atoms with van der Waals surface area (Å²) in [7, 11) is 1.87. The van der Waals surface area contributed by atoms with Crippen LogP contribution in [-0.4, -0.2) is 22.0 Å². The maximum Gasteiger partial charge on any atom is 0.144 e. The van der Waals surface area contributed by atoms with E-state index in [-0.39, 0.29) is 0 Å². The molecule has 0 radical (unpaired) electrons. The Balaban J connectivity index is 2.37. The third-order valence-electron chi connectivity index (χ3n) is 2.68. The first-order valence-electron chi connectivity index (χ1n) is 6.16. The van der Waals surface area contributed by atoms with Crippen molar-refractivity contribution in [3.8, 4) is 0 Å². The van der Waals surface area contributed by atoms with Crippen LogP contribution in [0.15, 0.2) is 9.85 Å². The van der Waals surface area contributed by atoms with Crippen molar-refractivity contribution in [2.45, 2.75) is 33.1 Å². The summed E-state index contributed by atoms with van der Waals surface area (Å²) in [6, 6.07) is 0. The van der Waals surface area contributed by atoms with Crippen LogP contribution in [0.5, 0.6) is 0 Å². The maximum absolute atomic E-state index is 4.65. The number of aromatic nitrogens is 3. The van der Waals surface area contributed by atoms with E-state index >= 15 is 0 Å². The van der Waals surface area contributed by atoms with E-state index in [4.69, 9.17) is 0 Å². The predicted octanol–water partition coefficient (Wildman–Crippen LogP) is 3.76. The molecule has 2 heterocycles. The molecule has 0 fully saturated rings. The molecule has 6 heteroatoms. The van der Waals surface area contributed by atoms with Crippen molar-refractivity contribution in [1.82, 2.24) is 15.0 Å². The van der Waals surface area contributed by atoms with Crippen molar-refractivity contribution < 1.29 is 0 Å². The van der Waals surface area contributed by atoms with Crippen molar-refractivity contribution in [2.75, 3.05) is 12.4 Å². The minimum atomic E-state index is 0.348. The van der Waals surface area contributed by atoms with Gasteiger partial charge in [-0.15, -0.1) is 11.3 Å². The second-order valence-electron chi connectivity index (χ2n) is 4.65. The van der Waals surface area contributed by atoms with Crippen LogP contribution in [0, 0.1) is 6.92 Å². The number of nitrogens with one attached hydrogen (secondary N) is 1. The van der Waals surface area contributed by atoms with Gasteiger partial charge in [-0.2, -0.15) is 0 Å². The van der Waals surface area contributed by atoms with Crippen LogP contribution in [0.25, 0.3) is 0 Å². The van der Waals surface area contributed by atoms with Crippen molar-refractivity contribution in [3.05, 3.63) is 32.1 Å². The first-order valence-corrected chi connectivity index (χ1v) is 7.83. The molecule has 0 aliphatic heterocycles. The van der Waals surface area contributed by atoms with Crippen LogP contribution < -0.4 is 5.32 Å². The molecule has 0 amide bonds. The highest BCUT2D eigenvalue weighted by Gasteiger charge is 2.15. The summed E-state index contributed by atoms with van der Waals surface area (Å²) in [5.74, 6) is 1.99. The Labute approximate surface area is 125 Å². The standard InChI is InChI=1S/C13H17BrN4S/c1-7(2)12-11(14)13(15-4)18-9(17-12)5-10-16-8(3)6-19-10/h6-7H,5H2,1-4H3,(H,15,17,18). The van der Waals surface area contributed by atoms with Crippen LogP contribution in [-0.2, 0) is 6.42 Å². The van der Waals surface area contributed by atoms with Gasteiger partial charge in [-0.05, 0) is 28.8 Å². The third kappa shape index (κ3) is 3.30. The van der Waals surface area contributed by atoms with E-state index in [2.05, 4.69) is 55.4 Å². The van der Waals surface area contributed by atoms with Crippen LogP contribution in [0.3, 0.4) is 0 Å². The zero-order valence-electron chi connectivity index (χ0n) is 11.5. The fraction of sp³-hybridized carbons (Fsp3) is 0.462. The summed E-state index contributed by atoms with van der Waals surface area (Å²) < 4.78 is 0.948. The molecule has 2 rings (SSSR count). The fourth-order valence-electron chi connectivity index (χ4n) is 1.76. The Bertz CT molecular complexity index is 580. The van der Waals surface area contributed by atoms with Crippen molar-refractivity contribution in [2.24, 2.45) is 0 Å². The lowest BCUT2D eigenvalue weighted by Crippen LogP contribution is -2.07. The number of nitrogens with zero attached hydrogens (tertiary/aromatic N) is 3. The predicted molar refractivity (Wildman–Crippen MR) is 83.0 cm³/mol. The monoisotopic (exact) mass is 340 g/mol. The zero-order chi connectivity index (χ0) is 14.0. The number of anilines is 1. The van der Waals surface area contributed by atoms with Gasteiger partial charge in [0.15, 0.2) is 0 Å². The summed E-state index contributed by atoms with van der Waals surface area (Å²) in [6.07, 6.45) is 0.681. The fourth-order valence-corrected chi connectivity index (χ4v) is 3.36. The molecule has 0 saturated heterocycles. The SMILES string of the molecule is CNc1nc(Cc2nc(C)cs2)nc(C(C)C)c1Br. The first kappa shape index (κ1) is 14.4. The molecule has 0 bridgehead atoms. The second kappa shape index (κ2) is 5.96. The van der Waals surface area contributed by atoms with Gasteiger partial charge in [0, 0.05) is 18.1 Å². The maximum atomic E-state index is 4.65. The molecule has 0 aliphatic carbocycles. The van der Waals surface area contributed by atoms with Gasteiger partial charge in [0.1, 0.15) is 16.6 Å². The zero-order valence-corrected chi connectivity index (χ0v) is 13.9. The lowest BCUT2D eigenvalue weighted by Gasteiger charge is -2.12. The Kier molecular flexibility index (Phi) is 4.52. The number of halogens is 1. The van der Waals surface area contributed by atoms with Gasteiger partial charge in [0.2, 0.25) is 0 Å². The Hall–Kier alpha value is -1.01. The van der Waals surface area contributed by atoms with Gasteiger partial charge < -0.3 is 5.32 Å².